The van der Waals surface area contributed by atoms with Crippen molar-refractivity contribution in [2.24, 2.45) is 11.6 Å². The van der Waals surface area contributed by atoms with Gasteiger partial charge in [-0.1, -0.05) is 35.9 Å². The second kappa shape index (κ2) is 9.45. The summed E-state index contributed by atoms with van der Waals surface area (Å²) in [4.78, 5) is 13.5. The molecule has 0 radical (unpaired) electrons. The minimum absolute atomic E-state index is 0.0730. The summed E-state index contributed by atoms with van der Waals surface area (Å²) in [7, 11) is 0. The molecule has 2 aliphatic rings. The monoisotopic (exact) mass is 469 g/mol. The van der Waals surface area contributed by atoms with Crippen LogP contribution in [0.1, 0.15) is 49.4 Å². The number of nitrogens with one attached hydrogen (secondary N) is 1. The van der Waals surface area contributed by atoms with Crippen molar-refractivity contribution in [3.63, 3.8) is 0 Å². The molecule has 1 amide bonds. The van der Waals surface area contributed by atoms with Crippen LogP contribution in [0.4, 0.5) is 10.1 Å². The number of carbonyl (C=O) groups is 1. The molecular formula is C25H29ClFN5O. The smallest absolute Gasteiger partial charge is 0.219 e. The lowest BCUT2D eigenvalue weighted by molar-refractivity contribution is -0.128. The average molecular weight is 470 g/mol. The second-order valence-corrected chi connectivity index (χ2v) is 8.97. The van der Waals surface area contributed by atoms with Gasteiger partial charge in [-0.3, -0.25) is 4.79 Å². The molecule has 1 unspecified atom stereocenters. The van der Waals surface area contributed by atoms with Crippen molar-refractivity contribution < 1.29 is 9.18 Å². The quantitative estimate of drug-likeness (QED) is 0.576. The molecule has 5 N–H and O–H groups in total. The van der Waals surface area contributed by atoms with Crippen LogP contribution in [-0.2, 0) is 4.79 Å². The van der Waals surface area contributed by atoms with E-state index in [1.165, 1.54) is 11.6 Å². The minimum Gasteiger partial charge on any atom is -0.401 e. The fourth-order valence-corrected chi connectivity index (χ4v) is 4.74. The third-order valence-corrected chi connectivity index (χ3v) is 6.60. The maximum Gasteiger partial charge on any atom is 0.219 e. The zero-order valence-electron chi connectivity index (χ0n) is 18.9. The van der Waals surface area contributed by atoms with E-state index in [0.29, 0.717) is 37.4 Å². The first-order chi connectivity index (χ1) is 15.8. The summed E-state index contributed by atoms with van der Waals surface area (Å²) in [5.41, 5.74) is 12.1. The molecule has 6 nitrogen and oxygen atoms in total. The van der Waals surface area contributed by atoms with Crippen molar-refractivity contribution in [2.45, 2.75) is 32.7 Å². The largest absolute Gasteiger partial charge is 0.401 e. The summed E-state index contributed by atoms with van der Waals surface area (Å²) >= 11 is 6.01. The molecule has 174 valence electrons. The molecule has 0 aliphatic carbocycles. The van der Waals surface area contributed by atoms with Gasteiger partial charge in [0.25, 0.3) is 0 Å². The Morgan fingerprint density at radius 2 is 2.00 bits per heavy atom. The molecule has 0 bridgehead atoms. The number of hydrazine groups is 1. The summed E-state index contributed by atoms with van der Waals surface area (Å²) in [6.45, 7) is 5.26. The maximum atomic E-state index is 14.7. The number of rotatable bonds is 3. The fraction of sp³-hybridized carbons (Fsp3) is 0.320. The molecule has 0 aromatic heterocycles. The number of halogens is 2. The van der Waals surface area contributed by atoms with Crippen LogP contribution in [0.3, 0.4) is 0 Å². The van der Waals surface area contributed by atoms with Crippen molar-refractivity contribution in [3.05, 3.63) is 75.7 Å². The molecule has 0 fully saturated rings. The molecule has 33 heavy (non-hydrogen) atoms. The number of benzene rings is 2. The summed E-state index contributed by atoms with van der Waals surface area (Å²) in [6, 6.07) is 11.0. The highest BCUT2D eigenvalue weighted by molar-refractivity contribution is 6.31. The van der Waals surface area contributed by atoms with Gasteiger partial charge in [0.1, 0.15) is 0 Å². The fourth-order valence-electron chi connectivity index (χ4n) is 4.57. The molecule has 2 aromatic rings. The Morgan fingerprint density at radius 1 is 1.21 bits per heavy atom. The van der Waals surface area contributed by atoms with Crippen LogP contribution in [0, 0.1) is 5.82 Å². The zero-order valence-corrected chi connectivity index (χ0v) is 19.6. The Bertz CT molecular complexity index is 1140. The molecule has 2 aliphatic heterocycles. The Morgan fingerprint density at radius 3 is 2.67 bits per heavy atom. The van der Waals surface area contributed by atoms with Crippen molar-refractivity contribution >= 4 is 34.5 Å². The molecule has 8 heteroatoms. The maximum absolute atomic E-state index is 14.7. The van der Waals surface area contributed by atoms with E-state index < -0.39 is 5.82 Å². The highest BCUT2D eigenvalue weighted by atomic mass is 35.5. The lowest BCUT2D eigenvalue weighted by atomic mass is 9.90. The van der Waals surface area contributed by atoms with Gasteiger partial charge in [-0.2, -0.15) is 0 Å². The van der Waals surface area contributed by atoms with Gasteiger partial charge in [0.05, 0.1) is 22.4 Å². The first-order valence-electron chi connectivity index (χ1n) is 11.0. The summed E-state index contributed by atoms with van der Waals surface area (Å²) in [6.07, 6.45) is 3.52. The standard InChI is InChI=1S/C25H29ClFN5O/c1-15(28)25-19-7-6-18(17-8-11-31(12-9-17)16(2)33)14-20(19)22(10-13-32(25)29)30-23-5-3-4-21(26)24(23)27/h3-8,14,22,30H,9-13,28-29H2,1-2H3/b25-15-. The summed E-state index contributed by atoms with van der Waals surface area (Å²) in [5.74, 6) is 5.96. The van der Waals surface area contributed by atoms with Gasteiger partial charge in [-0.15, -0.1) is 0 Å². The lowest BCUT2D eigenvalue weighted by Crippen LogP contribution is -2.32. The van der Waals surface area contributed by atoms with Gasteiger partial charge in [0, 0.05) is 37.8 Å². The van der Waals surface area contributed by atoms with Crippen LogP contribution >= 0.6 is 11.6 Å². The average Bonchev–Trinajstić information content (AvgIpc) is 2.92. The molecular weight excluding hydrogens is 441 g/mol. The van der Waals surface area contributed by atoms with Crippen molar-refractivity contribution in [1.82, 2.24) is 9.91 Å². The van der Waals surface area contributed by atoms with E-state index >= 15 is 0 Å². The highest BCUT2D eigenvalue weighted by Gasteiger charge is 2.27. The lowest BCUT2D eigenvalue weighted by Gasteiger charge is -2.27. The van der Waals surface area contributed by atoms with Gasteiger partial charge in [0.15, 0.2) is 5.82 Å². The molecule has 4 rings (SSSR count). The second-order valence-electron chi connectivity index (χ2n) is 8.56. The van der Waals surface area contributed by atoms with Gasteiger partial charge in [0.2, 0.25) is 5.91 Å². The predicted molar refractivity (Wildman–Crippen MR) is 131 cm³/mol. The number of anilines is 1. The van der Waals surface area contributed by atoms with Crippen molar-refractivity contribution in [3.8, 4) is 0 Å². The van der Waals surface area contributed by atoms with Crippen molar-refractivity contribution in [2.75, 3.05) is 25.0 Å². The van der Waals surface area contributed by atoms with Gasteiger partial charge >= 0.3 is 0 Å². The van der Waals surface area contributed by atoms with Crippen LogP contribution in [0.2, 0.25) is 5.02 Å². The molecule has 0 saturated carbocycles. The Hall–Kier alpha value is -3.03. The van der Waals surface area contributed by atoms with E-state index in [1.54, 1.807) is 24.1 Å². The van der Waals surface area contributed by atoms with Crippen LogP contribution < -0.4 is 16.9 Å². The number of allylic oxidation sites excluding steroid dienone is 1. The number of hydrogen-bond donors (Lipinski definition) is 3. The number of nitrogens with two attached hydrogens (primary N) is 2. The number of nitrogens with zero attached hydrogens (tertiary/aromatic N) is 2. The van der Waals surface area contributed by atoms with E-state index in [4.69, 9.17) is 23.2 Å². The van der Waals surface area contributed by atoms with Crippen LogP contribution in [0.15, 0.2) is 48.2 Å². The topological polar surface area (TPSA) is 87.6 Å². The third-order valence-electron chi connectivity index (χ3n) is 6.31. The van der Waals surface area contributed by atoms with Crippen LogP contribution in [-0.4, -0.2) is 35.5 Å². The van der Waals surface area contributed by atoms with E-state index in [2.05, 4.69) is 23.5 Å². The van der Waals surface area contributed by atoms with E-state index in [9.17, 15) is 9.18 Å². The summed E-state index contributed by atoms with van der Waals surface area (Å²) < 4.78 is 14.7. The molecule has 2 heterocycles. The number of amides is 1. The molecule has 2 aromatic carbocycles. The first-order valence-corrected chi connectivity index (χ1v) is 11.4. The number of carbonyl (C=O) groups excluding carboxylic acids is 1. The molecule has 0 saturated heterocycles. The highest BCUT2D eigenvalue weighted by Crippen LogP contribution is 2.38. The Labute approximate surface area is 198 Å². The minimum atomic E-state index is -0.476. The van der Waals surface area contributed by atoms with Gasteiger partial charge in [-0.25, -0.2) is 10.2 Å². The molecule has 0 spiro atoms. The van der Waals surface area contributed by atoms with E-state index in [1.807, 2.05) is 17.9 Å². The van der Waals surface area contributed by atoms with Crippen molar-refractivity contribution in [1.29, 1.82) is 0 Å². The third kappa shape index (κ3) is 4.70. The van der Waals surface area contributed by atoms with E-state index in [-0.39, 0.29) is 17.0 Å². The molecule has 1 atom stereocenters. The first kappa shape index (κ1) is 23.1. The predicted octanol–water partition coefficient (Wildman–Crippen LogP) is 4.49. The number of fused-ring (bicyclic) bond motifs is 1. The Balaban J connectivity index is 1.77. The van der Waals surface area contributed by atoms with Crippen LogP contribution in [0.25, 0.3) is 11.3 Å². The van der Waals surface area contributed by atoms with Gasteiger partial charge in [-0.05, 0) is 54.7 Å². The summed E-state index contributed by atoms with van der Waals surface area (Å²) in [5, 5.41) is 5.08. The van der Waals surface area contributed by atoms with Gasteiger partial charge < -0.3 is 21.0 Å². The van der Waals surface area contributed by atoms with Crippen LogP contribution in [0.5, 0.6) is 0 Å². The van der Waals surface area contributed by atoms with E-state index in [0.717, 1.165) is 28.8 Å². The Kier molecular flexibility index (Phi) is 6.63. The normalized spacial score (nSPS) is 20.0. The number of hydrogen-bond acceptors (Lipinski definition) is 5. The SMILES string of the molecule is CC(=O)N1CC=C(c2ccc3c(c2)C(Nc2cccc(Cl)c2F)CCN(N)/C3=C(/C)N)CC1. The zero-order chi connectivity index (χ0) is 23.7.